The third kappa shape index (κ3) is 16.0. The van der Waals surface area contributed by atoms with E-state index in [-0.39, 0.29) is 25.3 Å². The zero-order valence-corrected chi connectivity index (χ0v) is 35.1. The number of likely N-dealkylation sites (N-methyl/N-ethyl adjacent to an activating group) is 2. The molecule has 0 aliphatic heterocycles. The molecule has 0 amide bonds. The second-order valence-corrected chi connectivity index (χ2v) is 14.5. The van der Waals surface area contributed by atoms with E-state index in [0.29, 0.717) is 31.7 Å². The van der Waals surface area contributed by atoms with Crippen molar-refractivity contribution >= 4 is 11.9 Å². The molecule has 6 rings (SSSR count). The van der Waals surface area contributed by atoms with Gasteiger partial charge in [-0.05, 0) is 117 Å². The van der Waals surface area contributed by atoms with Crippen LogP contribution in [0.4, 0.5) is 0 Å². The van der Waals surface area contributed by atoms with Crippen LogP contribution in [0.25, 0.3) is 0 Å². The van der Waals surface area contributed by atoms with Crippen LogP contribution in [-0.4, -0.2) is 79.3 Å². The smallest absolute Gasteiger partial charge is 0.317 e. The van der Waals surface area contributed by atoms with Crippen molar-refractivity contribution < 1.29 is 43.5 Å². The molecule has 6 aromatic carbocycles. The lowest BCUT2D eigenvalue weighted by Gasteiger charge is -2.22. The van der Waals surface area contributed by atoms with Gasteiger partial charge in [-0.1, -0.05) is 78.4 Å². The molecule has 0 heterocycles. The van der Waals surface area contributed by atoms with Gasteiger partial charge in [0.05, 0.1) is 20.2 Å². The molecule has 2 unspecified atom stereocenters. The van der Waals surface area contributed by atoms with Crippen molar-refractivity contribution in [1.29, 1.82) is 0 Å². The summed E-state index contributed by atoms with van der Waals surface area (Å²) in [7, 11) is 5.22. The highest BCUT2D eigenvalue weighted by Gasteiger charge is 2.17. The van der Waals surface area contributed by atoms with Gasteiger partial charge in [0.2, 0.25) is 0 Å². The number of benzene rings is 6. The SMILES string of the molecule is COc1ccc(Oc2ccc(OC(CCN(C)CC(=O)O)c3ccccc3)cc2)cc1.Cc1ccc(Oc2ccc(OC(CCN(C)CC(=O)O)c3ccccc3)cc2)cc1. The lowest BCUT2D eigenvalue weighted by atomic mass is 10.1. The highest BCUT2D eigenvalue weighted by Crippen LogP contribution is 2.31. The van der Waals surface area contributed by atoms with Crippen LogP contribution in [0.3, 0.4) is 0 Å². The van der Waals surface area contributed by atoms with Gasteiger partial charge in [-0.2, -0.15) is 0 Å². The first kappa shape index (κ1) is 45.3. The van der Waals surface area contributed by atoms with Crippen molar-refractivity contribution in [3.8, 4) is 40.2 Å². The average molecular weight is 827 g/mol. The Labute approximate surface area is 358 Å². The summed E-state index contributed by atoms with van der Waals surface area (Å²) in [6.07, 6.45) is 0.977. The largest absolute Gasteiger partial charge is 0.497 e. The number of ether oxygens (including phenoxy) is 5. The molecule has 0 fully saturated rings. The van der Waals surface area contributed by atoms with E-state index in [0.717, 1.165) is 45.6 Å². The minimum atomic E-state index is -0.841. The zero-order chi connectivity index (χ0) is 43.4. The Hall–Kier alpha value is -6.82. The van der Waals surface area contributed by atoms with Crippen molar-refractivity contribution in [2.75, 3.05) is 47.4 Å². The lowest BCUT2D eigenvalue weighted by molar-refractivity contribution is -0.139. The van der Waals surface area contributed by atoms with Crippen LogP contribution in [-0.2, 0) is 9.59 Å². The van der Waals surface area contributed by atoms with Crippen molar-refractivity contribution in [3.05, 3.63) is 174 Å². The molecule has 0 aliphatic carbocycles. The zero-order valence-electron chi connectivity index (χ0n) is 35.1. The van der Waals surface area contributed by atoms with E-state index < -0.39 is 11.9 Å². The van der Waals surface area contributed by atoms with Crippen LogP contribution in [0.1, 0.15) is 41.7 Å². The number of methoxy groups -OCH3 is 1. The molecular formula is C50H54N2O9. The van der Waals surface area contributed by atoms with Crippen LogP contribution >= 0.6 is 0 Å². The maximum Gasteiger partial charge on any atom is 0.317 e. The number of rotatable bonds is 21. The summed E-state index contributed by atoms with van der Waals surface area (Å²) in [6, 6.07) is 50.2. The van der Waals surface area contributed by atoms with E-state index in [4.69, 9.17) is 33.9 Å². The Bertz CT molecular complexity index is 2180. The molecule has 318 valence electrons. The van der Waals surface area contributed by atoms with Gasteiger partial charge in [0.25, 0.3) is 0 Å². The van der Waals surface area contributed by atoms with Gasteiger partial charge in [0.15, 0.2) is 0 Å². The Morgan fingerprint density at radius 1 is 0.475 bits per heavy atom. The molecule has 11 nitrogen and oxygen atoms in total. The molecular weight excluding hydrogens is 773 g/mol. The number of nitrogens with zero attached hydrogens (tertiary/aromatic N) is 2. The summed E-state index contributed by atoms with van der Waals surface area (Å²) in [5.41, 5.74) is 3.29. The van der Waals surface area contributed by atoms with E-state index in [9.17, 15) is 9.59 Å². The van der Waals surface area contributed by atoms with Gasteiger partial charge in [0, 0.05) is 25.9 Å². The van der Waals surface area contributed by atoms with Crippen LogP contribution in [0.2, 0.25) is 0 Å². The predicted molar refractivity (Wildman–Crippen MR) is 236 cm³/mol. The van der Waals surface area contributed by atoms with Gasteiger partial charge < -0.3 is 33.9 Å². The number of hydrogen-bond acceptors (Lipinski definition) is 9. The van der Waals surface area contributed by atoms with Gasteiger partial charge >= 0.3 is 11.9 Å². The number of carbonyl (C=O) groups is 2. The molecule has 0 saturated heterocycles. The monoisotopic (exact) mass is 826 g/mol. The molecule has 6 aromatic rings. The first-order chi connectivity index (χ1) is 29.5. The summed E-state index contributed by atoms with van der Waals surface area (Å²) >= 11 is 0. The second-order valence-electron chi connectivity index (χ2n) is 14.5. The molecule has 0 saturated carbocycles. The van der Waals surface area contributed by atoms with Crippen LogP contribution in [0.15, 0.2) is 158 Å². The third-order valence-electron chi connectivity index (χ3n) is 9.46. The predicted octanol–water partition coefficient (Wildman–Crippen LogP) is 10.3. The highest BCUT2D eigenvalue weighted by molar-refractivity contribution is 5.69. The highest BCUT2D eigenvalue weighted by atomic mass is 16.5. The molecule has 0 aromatic heterocycles. The van der Waals surface area contributed by atoms with Gasteiger partial charge in [0.1, 0.15) is 52.5 Å². The first-order valence-electron chi connectivity index (χ1n) is 20.0. The summed E-state index contributed by atoms with van der Waals surface area (Å²) in [6.45, 7) is 3.26. The molecule has 0 spiro atoms. The average Bonchev–Trinajstić information content (AvgIpc) is 3.26. The number of aryl methyl sites for hydroxylation is 1. The van der Waals surface area contributed by atoms with Crippen LogP contribution in [0, 0.1) is 6.92 Å². The van der Waals surface area contributed by atoms with E-state index in [1.807, 2.05) is 165 Å². The molecule has 11 heteroatoms. The van der Waals surface area contributed by atoms with Gasteiger partial charge in [-0.25, -0.2) is 0 Å². The van der Waals surface area contributed by atoms with E-state index in [1.54, 1.807) is 31.0 Å². The number of carboxylic acid groups (broad SMARTS) is 2. The van der Waals surface area contributed by atoms with Crippen molar-refractivity contribution in [2.45, 2.75) is 32.0 Å². The normalized spacial score (nSPS) is 11.8. The van der Waals surface area contributed by atoms with Crippen molar-refractivity contribution in [1.82, 2.24) is 9.80 Å². The Kier molecular flexibility index (Phi) is 17.6. The Morgan fingerprint density at radius 2 is 0.787 bits per heavy atom. The van der Waals surface area contributed by atoms with E-state index in [1.165, 1.54) is 5.56 Å². The molecule has 61 heavy (non-hydrogen) atoms. The molecule has 2 atom stereocenters. The number of carboxylic acids is 2. The fraction of sp³-hybridized carbons (Fsp3) is 0.240. The Morgan fingerprint density at radius 3 is 1.11 bits per heavy atom. The van der Waals surface area contributed by atoms with Crippen molar-refractivity contribution in [2.24, 2.45) is 0 Å². The molecule has 0 aliphatic rings. The third-order valence-corrected chi connectivity index (χ3v) is 9.46. The maximum atomic E-state index is 10.9. The molecule has 0 radical (unpaired) electrons. The van der Waals surface area contributed by atoms with E-state index in [2.05, 4.69) is 0 Å². The summed E-state index contributed by atoms with van der Waals surface area (Å²) in [5, 5.41) is 17.9. The van der Waals surface area contributed by atoms with Crippen LogP contribution < -0.4 is 23.7 Å². The first-order valence-corrected chi connectivity index (χ1v) is 20.0. The fourth-order valence-electron chi connectivity index (χ4n) is 6.24. The van der Waals surface area contributed by atoms with Crippen LogP contribution in [0.5, 0.6) is 40.2 Å². The van der Waals surface area contributed by atoms with Crippen molar-refractivity contribution in [3.63, 3.8) is 0 Å². The Balaban J connectivity index is 0.000000231. The maximum absolute atomic E-state index is 10.9. The number of hydrogen-bond donors (Lipinski definition) is 2. The second kappa shape index (κ2) is 23.7. The molecule has 2 N–H and O–H groups in total. The van der Waals surface area contributed by atoms with Gasteiger partial charge in [-0.3, -0.25) is 19.4 Å². The summed E-state index contributed by atoms with van der Waals surface area (Å²) < 4.78 is 29.4. The summed E-state index contributed by atoms with van der Waals surface area (Å²) in [4.78, 5) is 25.4. The minimum Gasteiger partial charge on any atom is -0.497 e. The summed E-state index contributed by atoms with van der Waals surface area (Å²) in [5.74, 6) is 3.51. The topological polar surface area (TPSA) is 127 Å². The number of aliphatic carboxylic acids is 2. The van der Waals surface area contributed by atoms with Gasteiger partial charge in [-0.15, -0.1) is 0 Å². The lowest BCUT2D eigenvalue weighted by Crippen LogP contribution is -2.28. The minimum absolute atomic E-state index is 0.00109. The van der Waals surface area contributed by atoms with E-state index >= 15 is 0 Å². The quantitative estimate of drug-likeness (QED) is 0.0720. The standard InChI is InChI=1S/C25H27NO5.C25H27NO4/c1-26(18-25(27)28)17-16-24(19-6-4-3-5-7-19)31-23-14-12-22(13-15-23)30-21-10-8-20(29-2)9-11-21;1-19-8-10-21(11-9-19)29-22-12-14-23(15-13-22)30-24(20-6-4-3-5-7-20)16-17-26(2)18-25(27)28/h3-15,24H,16-18H2,1-2H3,(H,27,28);3-15,24H,16-18H2,1-2H3,(H,27,28). The molecule has 0 bridgehead atoms. The fourth-order valence-corrected chi connectivity index (χ4v) is 6.24.